The van der Waals surface area contributed by atoms with Gasteiger partial charge in [-0.25, -0.2) is 13.8 Å². The fraction of sp³-hybridized carbons (Fsp3) is 0.241. The summed E-state index contributed by atoms with van der Waals surface area (Å²) in [7, 11) is 0. The Morgan fingerprint density at radius 1 is 1.05 bits per heavy atom. The van der Waals surface area contributed by atoms with Crippen LogP contribution in [0.25, 0.3) is 17.1 Å². The number of amides is 1. The van der Waals surface area contributed by atoms with Crippen LogP contribution in [0.15, 0.2) is 53.5 Å². The minimum atomic E-state index is -0.830. The van der Waals surface area contributed by atoms with Crippen molar-refractivity contribution >= 4 is 23.2 Å². The topological polar surface area (TPSA) is 86.1 Å². The Bertz CT molecular complexity index is 1720. The number of aromatic nitrogens is 3. The number of hydrogen-bond donors (Lipinski definition) is 1. The molecule has 1 atom stereocenters. The van der Waals surface area contributed by atoms with Gasteiger partial charge < -0.3 is 10.1 Å². The number of nitrogens with zero attached hydrogens (tertiary/aromatic N) is 3. The molecule has 0 aliphatic carbocycles. The lowest BCUT2D eigenvalue weighted by Crippen LogP contribution is -2.27. The van der Waals surface area contributed by atoms with Gasteiger partial charge >= 0.3 is 0 Å². The molecule has 0 bridgehead atoms. The summed E-state index contributed by atoms with van der Waals surface area (Å²) in [6.07, 6.45) is 0.807. The number of carbonyl (C=O) groups is 1. The number of ether oxygens (including phenoxy) is 1. The van der Waals surface area contributed by atoms with E-state index in [4.69, 9.17) is 21.3 Å². The van der Waals surface area contributed by atoms with Gasteiger partial charge in [0.15, 0.2) is 0 Å². The van der Waals surface area contributed by atoms with Crippen molar-refractivity contribution in [3.8, 4) is 22.8 Å². The quantitative estimate of drug-likeness (QED) is 0.319. The molecule has 39 heavy (non-hydrogen) atoms. The predicted molar refractivity (Wildman–Crippen MR) is 145 cm³/mol. The van der Waals surface area contributed by atoms with Crippen molar-refractivity contribution in [3.63, 3.8) is 0 Å². The summed E-state index contributed by atoms with van der Waals surface area (Å²) in [6, 6.07) is 10.1. The van der Waals surface area contributed by atoms with Crippen molar-refractivity contribution in [2.75, 3.05) is 5.32 Å². The fourth-order valence-electron chi connectivity index (χ4n) is 4.61. The van der Waals surface area contributed by atoms with Gasteiger partial charge in [-0.05, 0) is 70.5 Å². The Morgan fingerprint density at radius 3 is 2.51 bits per heavy atom. The molecule has 1 N–H and O–H groups in total. The van der Waals surface area contributed by atoms with Crippen molar-refractivity contribution < 1.29 is 18.3 Å². The molecule has 7 nitrogen and oxygen atoms in total. The molecule has 4 aromatic rings. The van der Waals surface area contributed by atoms with Crippen LogP contribution in [0.2, 0.25) is 5.02 Å². The maximum Gasteiger partial charge on any atom is 0.277 e. The summed E-state index contributed by atoms with van der Waals surface area (Å²) in [5.41, 5.74) is 2.93. The highest BCUT2D eigenvalue weighted by Crippen LogP contribution is 2.37. The standard InChI is InChI=1S/C29H25ClF2N4O3/c1-14-13-33-22(20-8-9-21-26(34-20)29(4,5)28(38)35-21)12-23(14)36-15(2)10-24(25(30)27(36)37)39-16(3)18-7-6-17(31)11-19(18)32/h6-13,16H,1-5H3,(H,35,38)/t16-/m0/s1. The summed E-state index contributed by atoms with van der Waals surface area (Å²) < 4.78 is 34.9. The van der Waals surface area contributed by atoms with Gasteiger partial charge in [0.05, 0.1) is 33.9 Å². The molecule has 200 valence electrons. The zero-order valence-electron chi connectivity index (χ0n) is 21.9. The number of rotatable bonds is 5. The molecule has 0 saturated carbocycles. The molecule has 0 spiro atoms. The lowest BCUT2D eigenvalue weighted by molar-refractivity contribution is -0.119. The van der Waals surface area contributed by atoms with Crippen molar-refractivity contribution in [3.05, 3.63) is 98.2 Å². The first-order chi connectivity index (χ1) is 18.4. The van der Waals surface area contributed by atoms with Gasteiger partial charge in [0.1, 0.15) is 28.5 Å². The minimum absolute atomic E-state index is 0.0817. The zero-order valence-corrected chi connectivity index (χ0v) is 22.7. The van der Waals surface area contributed by atoms with E-state index in [0.717, 1.165) is 12.1 Å². The van der Waals surface area contributed by atoms with Crippen LogP contribution >= 0.6 is 11.6 Å². The minimum Gasteiger partial charge on any atom is -0.484 e. The molecule has 10 heteroatoms. The molecule has 1 aliphatic heterocycles. The van der Waals surface area contributed by atoms with Crippen LogP contribution in [0.4, 0.5) is 14.5 Å². The number of fused-ring (bicyclic) bond motifs is 1. The Kier molecular flexibility index (Phi) is 6.50. The zero-order chi connectivity index (χ0) is 28.2. The molecular weight excluding hydrogens is 526 g/mol. The number of carbonyl (C=O) groups excluding carboxylic acids is 1. The number of benzene rings is 1. The summed E-state index contributed by atoms with van der Waals surface area (Å²) >= 11 is 6.46. The van der Waals surface area contributed by atoms with Gasteiger partial charge in [-0.15, -0.1) is 0 Å². The first-order valence-corrected chi connectivity index (χ1v) is 12.6. The number of anilines is 1. The lowest BCUT2D eigenvalue weighted by Gasteiger charge is -2.20. The second-order valence-electron chi connectivity index (χ2n) is 10.1. The van der Waals surface area contributed by atoms with Crippen molar-refractivity contribution in [1.29, 1.82) is 0 Å². The SMILES string of the molecule is Cc1cnc(-c2ccc3c(n2)C(C)(C)C(=O)N3)cc1-n1c(C)cc(O[C@@H](C)c2ccc(F)cc2F)c(Cl)c1=O. The average molecular weight is 551 g/mol. The molecule has 0 unspecified atom stereocenters. The maximum atomic E-state index is 14.3. The molecule has 1 aliphatic rings. The predicted octanol–water partition coefficient (Wildman–Crippen LogP) is 6.21. The Morgan fingerprint density at radius 2 is 1.79 bits per heavy atom. The average Bonchev–Trinajstić information content (AvgIpc) is 3.10. The Balaban J connectivity index is 1.53. The molecule has 3 aromatic heterocycles. The van der Waals surface area contributed by atoms with E-state index in [1.807, 2.05) is 6.92 Å². The number of hydrogen-bond acceptors (Lipinski definition) is 5. The molecular formula is C29H25ClF2N4O3. The molecule has 0 saturated heterocycles. The number of halogens is 3. The van der Waals surface area contributed by atoms with Crippen LogP contribution < -0.4 is 15.6 Å². The smallest absolute Gasteiger partial charge is 0.277 e. The second kappa shape index (κ2) is 9.57. The van der Waals surface area contributed by atoms with Crippen molar-refractivity contribution in [2.24, 2.45) is 0 Å². The second-order valence-corrected chi connectivity index (χ2v) is 10.4. The molecule has 1 aromatic carbocycles. The first-order valence-electron chi connectivity index (χ1n) is 12.2. The van der Waals surface area contributed by atoms with E-state index in [-0.39, 0.29) is 22.2 Å². The lowest BCUT2D eigenvalue weighted by atomic mass is 9.90. The fourth-order valence-corrected chi connectivity index (χ4v) is 4.79. The van der Waals surface area contributed by atoms with Gasteiger partial charge in [-0.3, -0.25) is 19.1 Å². The van der Waals surface area contributed by atoms with Gasteiger partial charge in [0, 0.05) is 29.6 Å². The van der Waals surface area contributed by atoms with E-state index in [9.17, 15) is 18.4 Å². The highest BCUT2D eigenvalue weighted by Gasteiger charge is 2.40. The van der Waals surface area contributed by atoms with Crippen LogP contribution in [0.1, 0.15) is 49.4 Å². The van der Waals surface area contributed by atoms with E-state index in [1.54, 1.807) is 58.2 Å². The molecule has 1 amide bonds. The van der Waals surface area contributed by atoms with E-state index >= 15 is 0 Å². The first kappa shape index (κ1) is 26.5. The Labute approximate surface area is 228 Å². The molecule has 0 radical (unpaired) electrons. The van der Waals surface area contributed by atoms with Crippen LogP contribution in [0, 0.1) is 25.5 Å². The van der Waals surface area contributed by atoms with E-state index in [1.165, 1.54) is 10.6 Å². The van der Waals surface area contributed by atoms with E-state index in [2.05, 4.69) is 10.3 Å². The van der Waals surface area contributed by atoms with Crippen LogP contribution in [0.3, 0.4) is 0 Å². The summed E-state index contributed by atoms with van der Waals surface area (Å²) in [5.74, 6) is -1.50. The number of aryl methyl sites for hydroxylation is 2. The van der Waals surface area contributed by atoms with Gasteiger partial charge in [-0.2, -0.15) is 0 Å². The van der Waals surface area contributed by atoms with E-state index < -0.39 is 28.7 Å². The van der Waals surface area contributed by atoms with Crippen LogP contribution in [-0.4, -0.2) is 20.4 Å². The van der Waals surface area contributed by atoms with Crippen LogP contribution in [-0.2, 0) is 10.2 Å². The summed E-state index contributed by atoms with van der Waals surface area (Å²) in [6.45, 7) is 8.73. The largest absolute Gasteiger partial charge is 0.484 e. The molecule has 5 rings (SSSR count). The highest BCUT2D eigenvalue weighted by atomic mass is 35.5. The van der Waals surface area contributed by atoms with Crippen molar-refractivity contribution in [2.45, 2.75) is 46.1 Å². The van der Waals surface area contributed by atoms with E-state index in [0.29, 0.717) is 39.7 Å². The van der Waals surface area contributed by atoms with Gasteiger partial charge in [0.25, 0.3) is 5.56 Å². The third kappa shape index (κ3) is 4.57. The third-order valence-electron chi connectivity index (χ3n) is 6.89. The Hall–Kier alpha value is -4.11. The highest BCUT2D eigenvalue weighted by molar-refractivity contribution is 6.31. The summed E-state index contributed by atoms with van der Waals surface area (Å²) in [4.78, 5) is 35.0. The number of pyridine rings is 3. The summed E-state index contributed by atoms with van der Waals surface area (Å²) in [5, 5.41) is 2.65. The molecule has 0 fully saturated rings. The molecule has 4 heterocycles. The van der Waals surface area contributed by atoms with Gasteiger partial charge in [-0.1, -0.05) is 11.6 Å². The number of nitrogens with one attached hydrogen (secondary N) is 1. The van der Waals surface area contributed by atoms with Crippen molar-refractivity contribution in [1.82, 2.24) is 14.5 Å². The normalized spacial score (nSPS) is 14.6. The van der Waals surface area contributed by atoms with Crippen LogP contribution in [0.5, 0.6) is 5.75 Å². The third-order valence-corrected chi connectivity index (χ3v) is 7.23. The monoisotopic (exact) mass is 550 g/mol. The van der Waals surface area contributed by atoms with Gasteiger partial charge in [0.2, 0.25) is 5.91 Å². The maximum absolute atomic E-state index is 14.3.